The van der Waals surface area contributed by atoms with E-state index >= 15 is 0 Å². The van der Waals surface area contributed by atoms with Gasteiger partial charge >= 0.3 is 0 Å². The molecule has 0 aromatic carbocycles. The van der Waals surface area contributed by atoms with Crippen molar-refractivity contribution < 1.29 is 4.74 Å². The number of nitrogen functional groups attached to an aromatic ring is 1. The van der Waals surface area contributed by atoms with Crippen molar-refractivity contribution in [3.63, 3.8) is 0 Å². The van der Waals surface area contributed by atoms with E-state index in [2.05, 4.69) is 30.7 Å². The van der Waals surface area contributed by atoms with E-state index in [9.17, 15) is 0 Å². The van der Waals surface area contributed by atoms with E-state index in [4.69, 9.17) is 15.9 Å². The van der Waals surface area contributed by atoms with Crippen molar-refractivity contribution in [1.29, 1.82) is 5.41 Å². The summed E-state index contributed by atoms with van der Waals surface area (Å²) in [5, 5.41) is 7.16. The number of hydrogen-bond acceptors (Lipinski definition) is 4. The van der Waals surface area contributed by atoms with Gasteiger partial charge in [-0.25, -0.2) is 9.97 Å². The van der Waals surface area contributed by atoms with Crippen molar-refractivity contribution >= 4 is 5.84 Å². The van der Waals surface area contributed by atoms with Gasteiger partial charge in [0, 0.05) is 0 Å². The first-order chi connectivity index (χ1) is 7.38. The van der Waals surface area contributed by atoms with Crippen LogP contribution in [0.2, 0.25) is 0 Å². The lowest BCUT2D eigenvalue weighted by atomic mass is 9.93. The SMILES string of the molecule is CC(C)(C)CCOc1cnc(C(=N)N)cn1. The van der Waals surface area contributed by atoms with Gasteiger partial charge in [-0.05, 0) is 11.8 Å². The van der Waals surface area contributed by atoms with E-state index in [1.165, 1.54) is 12.4 Å². The summed E-state index contributed by atoms with van der Waals surface area (Å²) in [7, 11) is 0. The standard InChI is InChI=1S/C11H18N4O/c1-11(2,3)4-5-16-9-7-14-8(6-15-9)10(12)13/h6-7H,4-5H2,1-3H3,(H3,12,13). The number of nitrogens with two attached hydrogens (primary N) is 1. The number of rotatable bonds is 4. The highest BCUT2D eigenvalue weighted by Gasteiger charge is 2.10. The van der Waals surface area contributed by atoms with Crippen molar-refractivity contribution in [2.24, 2.45) is 11.1 Å². The van der Waals surface area contributed by atoms with Crippen LogP contribution in [0.5, 0.6) is 5.88 Å². The number of ether oxygens (including phenoxy) is 1. The molecule has 1 aromatic heterocycles. The summed E-state index contributed by atoms with van der Waals surface area (Å²) >= 11 is 0. The Hall–Kier alpha value is -1.65. The van der Waals surface area contributed by atoms with Crippen LogP contribution in [0.15, 0.2) is 12.4 Å². The van der Waals surface area contributed by atoms with Crippen LogP contribution in [0.1, 0.15) is 32.9 Å². The number of nitrogens with zero attached hydrogens (tertiary/aromatic N) is 2. The second-order valence-electron chi connectivity index (χ2n) is 4.81. The molecule has 0 aliphatic carbocycles. The number of aromatic nitrogens is 2. The summed E-state index contributed by atoms with van der Waals surface area (Å²) in [4.78, 5) is 7.97. The summed E-state index contributed by atoms with van der Waals surface area (Å²) in [6, 6.07) is 0. The molecule has 0 spiro atoms. The van der Waals surface area contributed by atoms with Crippen molar-refractivity contribution in [1.82, 2.24) is 9.97 Å². The van der Waals surface area contributed by atoms with E-state index in [0.717, 1.165) is 6.42 Å². The largest absolute Gasteiger partial charge is 0.477 e. The fraction of sp³-hybridized carbons (Fsp3) is 0.545. The maximum absolute atomic E-state index is 7.16. The summed E-state index contributed by atoms with van der Waals surface area (Å²) in [5.74, 6) is 0.378. The third-order valence-electron chi connectivity index (χ3n) is 2.01. The molecule has 1 heterocycles. The first-order valence-corrected chi connectivity index (χ1v) is 5.18. The highest BCUT2D eigenvalue weighted by Crippen LogP contribution is 2.18. The Bertz CT molecular complexity index is 353. The van der Waals surface area contributed by atoms with Crippen LogP contribution < -0.4 is 10.5 Å². The minimum absolute atomic E-state index is 0.0891. The molecule has 0 saturated heterocycles. The second-order valence-corrected chi connectivity index (χ2v) is 4.81. The van der Waals surface area contributed by atoms with E-state index < -0.39 is 0 Å². The Balaban J connectivity index is 2.47. The zero-order valence-electron chi connectivity index (χ0n) is 9.95. The second kappa shape index (κ2) is 4.92. The third kappa shape index (κ3) is 4.25. The lowest BCUT2D eigenvalue weighted by Crippen LogP contribution is -2.14. The van der Waals surface area contributed by atoms with Gasteiger partial charge in [0.1, 0.15) is 11.5 Å². The summed E-state index contributed by atoms with van der Waals surface area (Å²) in [6.07, 6.45) is 3.87. The van der Waals surface area contributed by atoms with Crippen molar-refractivity contribution in [2.75, 3.05) is 6.61 Å². The van der Waals surface area contributed by atoms with E-state index in [1.807, 2.05) is 0 Å². The molecule has 0 saturated carbocycles. The molecule has 0 unspecified atom stereocenters. The molecule has 0 aliphatic heterocycles. The Morgan fingerprint density at radius 2 is 2.06 bits per heavy atom. The van der Waals surface area contributed by atoms with Gasteiger partial charge in [0.2, 0.25) is 5.88 Å². The molecule has 3 N–H and O–H groups in total. The van der Waals surface area contributed by atoms with Crippen molar-refractivity contribution in [2.45, 2.75) is 27.2 Å². The van der Waals surface area contributed by atoms with Crippen molar-refractivity contribution in [3.05, 3.63) is 18.1 Å². The van der Waals surface area contributed by atoms with Gasteiger partial charge in [0.25, 0.3) is 0 Å². The number of amidine groups is 1. The summed E-state index contributed by atoms with van der Waals surface area (Å²) in [6.45, 7) is 7.07. The molecule has 0 fully saturated rings. The number of hydrogen-bond donors (Lipinski definition) is 2. The fourth-order valence-corrected chi connectivity index (χ4v) is 0.992. The Morgan fingerprint density at radius 1 is 1.38 bits per heavy atom. The van der Waals surface area contributed by atoms with Crippen LogP contribution in [0, 0.1) is 10.8 Å². The maximum atomic E-state index is 7.16. The van der Waals surface area contributed by atoms with Crippen LogP contribution in [0.25, 0.3) is 0 Å². The van der Waals surface area contributed by atoms with Crippen LogP contribution in [-0.4, -0.2) is 22.4 Å². The van der Waals surface area contributed by atoms with Gasteiger partial charge in [-0.1, -0.05) is 20.8 Å². The summed E-state index contributed by atoms with van der Waals surface area (Å²) < 4.78 is 5.43. The molecule has 88 valence electrons. The minimum Gasteiger partial charge on any atom is -0.477 e. The van der Waals surface area contributed by atoms with Gasteiger partial charge in [-0.15, -0.1) is 0 Å². The third-order valence-corrected chi connectivity index (χ3v) is 2.01. The topological polar surface area (TPSA) is 84.9 Å². The first-order valence-electron chi connectivity index (χ1n) is 5.18. The zero-order chi connectivity index (χ0) is 12.2. The van der Waals surface area contributed by atoms with Crippen molar-refractivity contribution in [3.8, 4) is 5.88 Å². The maximum Gasteiger partial charge on any atom is 0.232 e. The van der Waals surface area contributed by atoms with Gasteiger partial charge in [-0.2, -0.15) is 0 Å². The van der Waals surface area contributed by atoms with E-state index in [1.54, 1.807) is 0 Å². The molecule has 0 bridgehead atoms. The molecule has 0 aliphatic rings. The number of nitrogens with one attached hydrogen (secondary N) is 1. The minimum atomic E-state index is -0.0891. The van der Waals surface area contributed by atoms with Gasteiger partial charge in [-0.3, -0.25) is 5.41 Å². The van der Waals surface area contributed by atoms with Gasteiger partial charge < -0.3 is 10.5 Å². The summed E-state index contributed by atoms with van der Waals surface area (Å²) in [5.41, 5.74) is 5.87. The Kier molecular flexibility index (Phi) is 3.82. The van der Waals surface area contributed by atoms with Crippen LogP contribution in [0.3, 0.4) is 0 Å². The monoisotopic (exact) mass is 222 g/mol. The van der Waals surface area contributed by atoms with Gasteiger partial charge in [0.05, 0.1) is 19.0 Å². The predicted molar refractivity (Wildman–Crippen MR) is 62.6 cm³/mol. The molecule has 0 atom stereocenters. The molecule has 1 rings (SSSR count). The van der Waals surface area contributed by atoms with Crippen LogP contribution in [0.4, 0.5) is 0 Å². The fourth-order valence-electron chi connectivity index (χ4n) is 0.992. The highest BCUT2D eigenvalue weighted by molar-refractivity contribution is 5.92. The Labute approximate surface area is 95.6 Å². The smallest absolute Gasteiger partial charge is 0.232 e. The average Bonchev–Trinajstić information content (AvgIpc) is 2.16. The average molecular weight is 222 g/mol. The molecule has 0 amide bonds. The van der Waals surface area contributed by atoms with E-state index in [0.29, 0.717) is 18.2 Å². The molecule has 16 heavy (non-hydrogen) atoms. The molecular formula is C11H18N4O. The van der Waals surface area contributed by atoms with Crippen LogP contribution >= 0.6 is 0 Å². The quantitative estimate of drug-likeness (QED) is 0.598. The highest BCUT2D eigenvalue weighted by atomic mass is 16.5. The lowest BCUT2D eigenvalue weighted by Gasteiger charge is -2.17. The zero-order valence-corrected chi connectivity index (χ0v) is 9.95. The van der Waals surface area contributed by atoms with Crippen LogP contribution in [-0.2, 0) is 0 Å². The lowest BCUT2D eigenvalue weighted by molar-refractivity contribution is 0.235. The Morgan fingerprint density at radius 3 is 2.50 bits per heavy atom. The molecule has 5 heteroatoms. The molecule has 1 aromatic rings. The molecule has 5 nitrogen and oxygen atoms in total. The predicted octanol–water partition coefficient (Wildman–Crippen LogP) is 1.58. The molecular weight excluding hydrogens is 204 g/mol. The first kappa shape index (κ1) is 12.4. The van der Waals surface area contributed by atoms with E-state index in [-0.39, 0.29) is 11.3 Å². The normalized spacial score (nSPS) is 11.2. The molecule has 0 radical (unpaired) electrons. The van der Waals surface area contributed by atoms with Gasteiger partial charge in [0.15, 0.2) is 0 Å².